The Morgan fingerprint density at radius 2 is 1.96 bits per heavy atom. The first-order valence-electron chi connectivity index (χ1n) is 7.75. The quantitative estimate of drug-likeness (QED) is 0.227. The van der Waals surface area contributed by atoms with Crippen LogP contribution in [0.15, 0.2) is 46.3 Å². The SMILES string of the molecule is N/C(=N\O)c1ccc(-c2cc(NCCc3c(F)cc(Br)cc3F)ncn2)s1. The Morgan fingerprint density at radius 1 is 1.22 bits per heavy atom. The molecular formula is C17H14BrF2N5OS. The lowest BCUT2D eigenvalue weighted by Crippen LogP contribution is -2.10. The second-order valence-corrected chi connectivity index (χ2v) is 7.46. The minimum Gasteiger partial charge on any atom is -0.409 e. The van der Waals surface area contributed by atoms with Crippen LogP contribution in [0.2, 0.25) is 0 Å². The summed E-state index contributed by atoms with van der Waals surface area (Å²) in [5, 5.41) is 14.7. The molecule has 0 radical (unpaired) electrons. The van der Waals surface area contributed by atoms with E-state index in [4.69, 9.17) is 10.9 Å². The molecule has 1 aromatic carbocycles. The molecule has 0 unspecified atom stereocenters. The van der Waals surface area contributed by atoms with Gasteiger partial charge in [0, 0.05) is 22.6 Å². The lowest BCUT2D eigenvalue weighted by molar-refractivity contribution is 0.319. The average molecular weight is 454 g/mol. The van der Waals surface area contributed by atoms with Gasteiger partial charge >= 0.3 is 0 Å². The van der Waals surface area contributed by atoms with Gasteiger partial charge in [0.15, 0.2) is 5.84 Å². The molecule has 2 aromatic heterocycles. The highest BCUT2D eigenvalue weighted by Crippen LogP contribution is 2.27. The van der Waals surface area contributed by atoms with Crippen LogP contribution < -0.4 is 11.1 Å². The maximum Gasteiger partial charge on any atom is 0.180 e. The Bertz CT molecular complexity index is 972. The summed E-state index contributed by atoms with van der Waals surface area (Å²) in [6, 6.07) is 7.71. The molecule has 4 N–H and O–H groups in total. The van der Waals surface area contributed by atoms with Crippen LogP contribution in [0.25, 0.3) is 10.6 Å². The lowest BCUT2D eigenvalue weighted by Gasteiger charge is -2.08. The van der Waals surface area contributed by atoms with Crippen molar-refractivity contribution in [1.29, 1.82) is 0 Å². The smallest absolute Gasteiger partial charge is 0.180 e. The minimum absolute atomic E-state index is 0.0154. The monoisotopic (exact) mass is 453 g/mol. The molecule has 0 aliphatic heterocycles. The zero-order valence-electron chi connectivity index (χ0n) is 13.8. The molecule has 0 aliphatic rings. The Hall–Kier alpha value is -2.59. The van der Waals surface area contributed by atoms with Crippen molar-refractivity contribution >= 4 is 38.9 Å². The number of oxime groups is 1. The van der Waals surface area contributed by atoms with Gasteiger partial charge in [0.2, 0.25) is 0 Å². The van der Waals surface area contributed by atoms with Crippen LogP contribution in [0.5, 0.6) is 0 Å². The third-order valence-corrected chi connectivity index (χ3v) is 5.26. The molecule has 0 atom stereocenters. The Morgan fingerprint density at radius 3 is 2.67 bits per heavy atom. The number of benzene rings is 1. The molecule has 0 fully saturated rings. The molecule has 0 spiro atoms. The highest BCUT2D eigenvalue weighted by Gasteiger charge is 2.11. The highest BCUT2D eigenvalue weighted by molar-refractivity contribution is 9.10. The maximum atomic E-state index is 13.9. The number of thiophene rings is 1. The lowest BCUT2D eigenvalue weighted by atomic mass is 10.1. The summed E-state index contributed by atoms with van der Waals surface area (Å²) < 4.78 is 28.1. The summed E-state index contributed by atoms with van der Waals surface area (Å²) in [6.45, 7) is 0.297. The number of anilines is 1. The van der Waals surface area contributed by atoms with Gasteiger partial charge in [0.25, 0.3) is 0 Å². The molecule has 0 bridgehead atoms. The van der Waals surface area contributed by atoms with Crippen molar-refractivity contribution in [2.45, 2.75) is 6.42 Å². The van der Waals surface area contributed by atoms with Crippen molar-refractivity contribution in [2.24, 2.45) is 10.9 Å². The molecular weight excluding hydrogens is 440 g/mol. The third-order valence-electron chi connectivity index (χ3n) is 3.67. The van der Waals surface area contributed by atoms with Gasteiger partial charge in [-0.2, -0.15) is 0 Å². The number of amidine groups is 1. The fraction of sp³-hybridized carbons (Fsp3) is 0.118. The van der Waals surface area contributed by atoms with Gasteiger partial charge in [-0.05, 0) is 30.7 Å². The van der Waals surface area contributed by atoms with Crippen molar-refractivity contribution in [3.63, 3.8) is 0 Å². The van der Waals surface area contributed by atoms with E-state index in [0.29, 0.717) is 27.4 Å². The van der Waals surface area contributed by atoms with Crippen LogP contribution in [-0.2, 0) is 6.42 Å². The van der Waals surface area contributed by atoms with E-state index in [2.05, 4.69) is 36.4 Å². The molecule has 0 saturated heterocycles. The molecule has 0 aliphatic carbocycles. The number of rotatable bonds is 6. The van der Waals surface area contributed by atoms with E-state index in [1.54, 1.807) is 18.2 Å². The number of nitrogens with one attached hydrogen (secondary N) is 1. The second kappa shape index (κ2) is 8.40. The fourth-order valence-corrected chi connectivity index (χ4v) is 3.65. The number of nitrogens with two attached hydrogens (primary N) is 1. The average Bonchev–Trinajstić information content (AvgIpc) is 3.13. The predicted molar refractivity (Wildman–Crippen MR) is 104 cm³/mol. The van der Waals surface area contributed by atoms with Gasteiger partial charge in [-0.15, -0.1) is 11.3 Å². The van der Waals surface area contributed by atoms with E-state index in [1.165, 1.54) is 29.8 Å². The molecule has 27 heavy (non-hydrogen) atoms. The summed E-state index contributed by atoms with van der Waals surface area (Å²) in [4.78, 5) is 9.74. The summed E-state index contributed by atoms with van der Waals surface area (Å²) in [5.74, 6) is -0.642. The third kappa shape index (κ3) is 4.58. The van der Waals surface area contributed by atoms with Crippen molar-refractivity contribution < 1.29 is 14.0 Å². The molecule has 140 valence electrons. The zero-order valence-corrected chi connectivity index (χ0v) is 16.2. The first-order valence-corrected chi connectivity index (χ1v) is 9.36. The van der Waals surface area contributed by atoms with Crippen LogP contribution >= 0.6 is 27.3 Å². The van der Waals surface area contributed by atoms with E-state index < -0.39 is 11.6 Å². The predicted octanol–water partition coefficient (Wildman–Crippen LogP) is 3.99. The summed E-state index contributed by atoms with van der Waals surface area (Å²) in [6.07, 6.45) is 1.55. The maximum absolute atomic E-state index is 13.9. The van der Waals surface area contributed by atoms with E-state index in [1.807, 2.05) is 0 Å². The molecule has 0 saturated carbocycles. The highest BCUT2D eigenvalue weighted by atomic mass is 79.9. The second-order valence-electron chi connectivity index (χ2n) is 5.46. The number of hydrogen-bond donors (Lipinski definition) is 3. The summed E-state index contributed by atoms with van der Waals surface area (Å²) in [5.41, 5.74) is 6.24. The Balaban J connectivity index is 1.69. The topological polar surface area (TPSA) is 96.4 Å². The number of aromatic nitrogens is 2. The Labute approximate surface area is 165 Å². The van der Waals surface area contributed by atoms with Crippen molar-refractivity contribution in [2.75, 3.05) is 11.9 Å². The van der Waals surface area contributed by atoms with Crippen LogP contribution in [0.4, 0.5) is 14.6 Å². The van der Waals surface area contributed by atoms with Gasteiger partial charge < -0.3 is 16.3 Å². The summed E-state index contributed by atoms with van der Waals surface area (Å²) >= 11 is 4.37. The normalized spacial score (nSPS) is 11.6. The van der Waals surface area contributed by atoms with Crippen molar-refractivity contribution in [3.05, 3.63) is 63.2 Å². The number of hydrogen-bond acceptors (Lipinski definition) is 6. The number of nitrogens with zero attached hydrogens (tertiary/aromatic N) is 3. The molecule has 3 aromatic rings. The number of halogens is 3. The van der Waals surface area contributed by atoms with Gasteiger partial charge in [0.1, 0.15) is 23.8 Å². The molecule has 6 nitrogen and oxygen atoms in total. The van der Waals surface area contributed by atoms with E-state index in [0.717, 1.165) is 4.88 Å². The van der Waals surface area contributed by atoms with Crippen LogP contribution in [-0.4, -0.2) is 27.6 Å². The van der Waals surface area contributed by atoms with Gasteiger partial charge in [0.05, 0.1) is 15.4 Å². The largest absolute Gasteiger partial charge is 0.409 e. The van der Waals surface area contributed by atoms with Crippen LogP contribution in [0.3, 0.4) is 0 Å². The molecule has 2 heterocycles. The zero-order chi connectivity index (χ0) is 19.4. The molecule has 10 heteroatoms. The standard InChI is InChI=1S/C17H14BrF2N5OS/c18-9-5-11(19)10(12(20)6-9)3-4-22-16-7-13(23-8-24-16)14-1-2-15(27-14)17(21)25-26/h1-2,5-8,26H,3-4H2,(H2,21,25)(H,22,23,24). The van der Waals surface area contributed by atoms with Crippen molar-refractivity contribution in [3.8, 4) is 10.6 Å². The molecule has 3 rings (SSSR count). The Kier molecular flexibility index (Phi) is 5.97. The van der Waals surface area contributed by atoms with Gasteiger partial charge in [-0.25, -0.2) is 18.7 Å². The first-order chi connectivity index (χ1) is 13.0. The van der Waals surface area contributed by atoms with Gasteiger partial charge in [-0.3, -0.25) is 0 Å². The fourth-order valence-electron chi connectivity index (χ4n) is 2.38. The van der Waals surface area contributed by atoms with Crippen molar-refractivity contribution in [1.82, 2.24) is 9.97 Å². The minimum atomic E-state index is -0.596. The van der Waals surface area contributed by atoms with Crippen LogP contribution in [0, 0.1) is 11.6 Å². The summed E-state index contributed by atoms with van der Waals surface area (Å²) in [7, 11) is 0. The van der Waals surface area contributed by atoms with Crippen LogP contribution in [0.1, 0.15) is 10.4 Å². The first kappa shape index (κ1) is 19.2. The van der Waals surface area contributed by atoms with Gasteiger partial charge in [-0.1, -0.05) is 21.1 Å². The molecule has 0 amide bonds. The van der Waals surface area contributed by atoms with E-state index >= 15 is 0 Å². The van der Waals surface area contributed by atoms with E-state index in [-0.39, 0.29) is 17.8 Å². The van der Waals surface area contributed by atoms with E-state index in [9.17, 15) is 8.78 Å².